The molecule has 27 heavy (non-hydrogen) atoms. The Morgan fingerprint density at radius 3 is 2.67 bits per heavy atom. The number of nitrogens with zero attached hydrogens (tertiary/aromatic N) is 4. The number of benzene rings is 2. The average molecular weight is 362 g/mol. The Morgan fingerprint density at radius 1 is 1.00 bits per heavy atom. The molecule has 0 saturated carbocycles. The number of carbonyl (C=O) groups excluding carboxylic acids is 1. The molecule has 4 rings (SSSR count). The summed E-state index contributed by atoms with van der Waals surface area (Å²) in [5.74, 6) is 1.18. The molecule has 6 nitrogen and oxygen atoms in total. The third-order valence-corrected chi connectivity index (χ3v) is 4.77. The van der Waals surface area contributed by atoms with E-state index in [2.05, 4.69) is 15.0 Å². The molecule has 0 unspecified atom stereocenters. The van der Waals surface area contributed by atoms with Gasteiger partial charge in [0.25, 0.3) is 17.7 Å². The third kappa shape index (κ3) is 3.84. The van der Waals surface area contributed by atoms with Crippen LogP contribution >= 0.6 is 0 Å². The van der Waals surface area contributed by atoms with Crippen LogP contribution in [0.15, 0.2) is 59.1 Å². The van der Waals surface area contributed by atoms with Gasteiger partial charge in [-0.15, -0.1) is 0 Å². The van der Waals surface area contributed by atoms with Crippen LogP contribution in [-0.2, 0) is 0 Å². The quantitative estimate of drug-likeness (QED) is 0.715. The van der Waals surface area contributed by atoms with Gasteiger partial charge in [-0.1, -0.05) is 35.9 Å². The number of aryl methyl sites for hydroxylation is 1. The van der Waals surface area contributed by atoms with E-state index in [1.165, 1.54) is 0 Å². The van der Waals surface area contributed by atoms with Crippen molar-refractivity contribution >= 4 is 11.9 Å². The lowest BCUT2D eigenvalue weighted by Gasteiger charge is -2.21. The lowest BCUT2D eigenvalue weighted by molar-refractivity contribution is 0.0767. The highest BCUT2D eigenvalue weighted by Crippen LogP contribution is 2.21. The molecular weight excluding hydrogens is 340 g/mol. The van der Waals surface area contributed by atoms with Gasteiger partial charge in [0.15, 0.2) is 0 Å². The maximum atomic E-state index is 12.8. The maximum absolute atomic E-state index is 12.8. The number of amides is 1. The molecule has 1 aliphatic heterocycles. The van der Waals surface area contributed by atoms with E-state index >= 15 is 0 Å². The van der Waals surface area contributed by atoms with Crippen LogP contribution in [-0.4, -0.2) is 47.1 Å². The number of carbonyl (C=O) groups is 1. The zero-order valence-electron chi connectivity index (χ0n) is 15.3. The SMILES string of the molecule is Cc1cccc(C(=O)N2CCCN(c3noc(-c4ccccc4)n3)CC2)c1. The standard InChI is InChI=1S/C21H22N4O2/c1-16-7-5-10-18(15-16)20(26)24-11-6-12-25(14-13-24)21-22-19(27-23-21)17-8-3-2-4-9-17/h2-5,7-10,15H,6,11-14H2,1H3. The second-order valence-corrected chi connectivity index (χ2v) is 6.77. The highest BCUT2D eigenvalue weighted by molar-refractivity contribution is 5.94. The topological polar surface area (TPSA) is 62.5 Å². The monoisotopic (exact) mass is 362 g/mol. The van der Waals surface area contributed by atoms with Crippen molar-refractivity contribution in [3.8, 4) is 11.5 Å². The van der Waals surface area contributed by atoms with Gasteiger partial charge in [-0.25, -0.2) is 0 Å². The molecule has 0 N–H and O–H groups in total. The molecule has 1 amide bonds. The molecule has 3 aromatic rings. The highest BCUT2D eigenvalue weighted by atomic mass is 16.5. The molecule has 2 aromatic carbocycles. The van der Waals surface area contributed by atoms with Gasteiger partial charge in [0.05, 0.1) is 0 Å². The summed E-state index contributed by atoms with van der Waals surface area (Å²) in [6, 6.07) is 17.5. The molecule has 0 bridgehead atoms. The number of rotatable bonds is 3. The van der Waals surface area contributed by atoms with E-state index in [-0.39, 0.29) is 5.91 Å². The van der Waals surface area contributed by atoms with Crippen LogP contribution in [0.2, 0.25) is 0 Å². The summed E-state index contributed by atoms with van der Waals surface area (Å²) < 4.78 is 5.42. The molecule has 2 heterocycles. The molecule has 1 aromatic heterocycles. The number of anilines is 1. The smallest absolute Gasteiger partial charge is 0.266 e. The molecule has 1 fully saturated rings. The molecule has 0 spiro atoms. The predicted molar refractivity (Wildman–Crippen MR) is 104 cm³/mol. The molecule has 0 radical (unpaired) electrons. The van der Waals surface area contributed by atoms with E-state index in [0.29, 0.717) is 24.9 Å². The fraction of sp³-hybridized carbons (Fsp3) is 0.286. The Labute approximate surface area is 158 Å². The average Bonchev–Trinajstić information content (AvgIpc) is 3.06. The highest BCUT2D eigenvalue weighted by Gasteiger charge is 2.23. The number of aromatic nitrogens is 2. The molecule has 1 saturated heterocycles. The van der Waals surface area contributed by atoms with Gasteiger partial charge in [0, 0.05) is 37.3 Å². The molecule has 0 aliphatic carbocycles. The normalized spacial score (nSPS) is 14.9. The summed E-state index contributed by atoms with van der Waals surface area (Å²) in [7, 11) is 0. The van der Waals surface area contributed by atoms with Crippen molar-refractivity contribution in [1.29, 1.82) is 0 Å². The molecule has 138 valence electrons. The van der Waals surface area contributed by atoms with E-state index in [9.17, 15) is 4.79 Å². The van der Waals surface area contributed by atoms with Crippen molar-refractivity contribution in [2.24, 2.45) is 0 Å². The Kier molecular flexibility index (Phi) is 4.87. The predicted octanol–water partition coefficient (Wildman–Crippen LogP) is 3.40. The Bertz CT molecular complexity index is 923. The minimum absolute atomic E-state index is 0.0821. The van der Waals surface area contributed by atoms with Crippen molar-refractivity contribution in [2.45, 2.75) is 13.3 Å². The van der Waals surface area contributed by atoms with Gasteiger partial charge in [-0.2, -0.15) is 4.98 Å². The third-order valence-electron chi connectivity index (χ3n) is 4.77. The second-order valence-electron chi connectivity index (χ2n) is 6.77. The Hall–Kier alpha value is -3.15. The van der Waals surface area contributed by atoms with Crippen LogP contribution in [0, 0.1) is 6.92 Å². The Morgan fingerprint density at radius 2 is 1.85 bits per heavy atom. The van der Waals surface area contributed by atoms with Gasteiger partial charge >= 0.3 is 0 Å². The fourth-order valence-corrected chi connectivity index (χ4v) is 3.32. The van der Waals surface area contributed by atoms with Crippen molar-refractivity contribution < 1.29 is 9.32 Å². The van der Waals surface area contributed by atoms with Gasteiger partial charge in [-0.3, -0.25) is 4.79 Å². The first-order valence-corrected chi connectivity index (χ1v) is 9.21. The van der Waals surface area contributed by atoms with Gasteiger partial charge in [0.1, 0.15) is 0 Å². The van der Waals surface area contributed by atoms with Crippen LogP contribution in [0.5, 0.6) is 0 Å². The van der Waals surface area contributed by atoms with Crippen molar-refractivity contribution in [3.63, 3.8) is 0 Å². The lowest BCUT2D eigenvalue weighted by atomic mass is 10.1. The first-order chi connectivity index (χ1) is 13.2. The summed E-state index contributed by atoms with van der Waals surface area (Å²) in [6.45, 7) is 4.85. The van der Waals surface area contributed by atoms with Crippen LogP contribution in [0.25, 0.3) is 11.5 Å². The van der Waals surface area contributed by atoms with Crippen molar-refractivity contribution in [3.05, 3.63) is 65.7 Å². The zero-order chi connectivity index (χ0) is 18.6. The van der Waals surface area contributed by atoms with Crippen molar-refractivity contribution in [2.75, 3.05) is 31.1 Å². The molecule has 6 heteroatoms. The summed E-state index contributed by atoms with van der Waals surface area (Å²) in [5.41, 5.74) is 2.74. The number of hydrogen-bond donors (Lipinski definition) is 0. The zero-order valence-corrected chi connectivity index (χ0v) is 15.3. The summed E-state index contributed by atoms with van der Waals surface area (Å²) >= 11 is 0. The minimum atomic E-state index is 0.0821. The maximum Gasteiger partial charge on any atom is 0.266 e. The van der Waals surface area contributed by atoms with Gasteiger partial charge < -0.3 is 14.3 Å². The second kappa shape index (κ2) is 7.61. The fourth-order valence-electron chi connectivity index (χ4n) is 3.32. The van der Waals surface area contributed by atoms with Crippen LogP contribution < -0.4 is 4.90 Å². The van der Waals surface area contributed by atoms with Gasteiger partial charge in [-0.05, 0) is 42.8 Å². The van der Waals surface area contributed by atoms with E-state index in [1.807, 2.05) is 66.4 Å². The first-order valence-electron chi connectivity index (χ1n) is 9.21. The van der Waals surface area contributed by atoms with E-state index < -0.39 is 0 Å². The first kappa shape index (κ1) is 17.3. The lowest BCUT2D eigenvalue weighted by Crippen LogP contribution is -2.35. The summed E-state index contributed by atoms with van der Waals surface area (Å²) in [5, 5.41) is 4.13. The molecule has 0 atom stereocenters. The van der Waals surface area contributed by atoms with E-state index in [0.717, 1.165) is 36.2 Å². The molecular formula is C21H22N4O2. The van der Waals surface area contributed by atoms with Gasteiger partial charge in [0.2, 0.25) is 0 Å². The van der Waals surface area contributed by atoms with Crippen LogP contribution in [0.1, 0.15) is 22.3 Å². The van der Waals surface area contributed by atoms with Crippen LogP contribution in [0.3, 0.4) is 0 Å². The van der Waals surface area contributed by atoms with E-state index in [1.54, 1.807) is 0 Å². The molecule has 1 aliphatic rings. The van der Waals surface area contributed by atoms with E-state index in [4.69, 9.17) is 4.52 Å². The minimum Gasteiger partial charge on any atom is -0.337 e. The Balaban J connectivity index is 1.44. The van der Waals surface area contributed by atoms with Crippen LogP contribution in [0.4, 0.5) is 5.95 Å². The summed E-state index contributed by atoms with van der Waals surface area (Å²) in [6.07, 6.45) is 0.868. The van der Waals surface area contributed by atoms with Crippen molar-refractivity contribution in [1.82, 2.24) is 15.0 Å². The summed E-state index contributed by atoms with van der Waals surface area (Å²) in [4.78, 5) is 21.3. The number of hydrogen-bond acceptors (Lipinski definition) is 5. The largest absolute Gasteiger partial charge is 0.337 e.